The molecule has 4 nitrogen and oxygen atoms in total. The van der Waals surface area contributed by atoms with Crippen molar-refractivity contribution < 1.29 is 14.7 Å². The molecule has 0 heterocycles. The highest BCUT2D eigenvalue weighted by Gasteiger charge is 2.12. The molecule has 0 unspecified atom stereocenters. The number of carboxylic acids is 1. The third-order valence-electron chi connectivity index (χ3n) is 1.78. The number of carboxylic acid groups (broad SMARTS) is 1. The maximum atomic E-state index is 10.4. The van der Waals surface area contributed by atoms with Gasteiger partial charge in [-0.3, -0.25) is 0 Å². The molecule has 0 fully saturated rings. The van der Waals surface area contributed by atoms with Gasteiger partial charge in [0.25, 0.3) is 0 Å². The maximum Gasteiger partial charge on any atom is 0.419 e. The molecular formula is C12H10N2O2. The molecule has 0 amide bonds. The van der Waals surface area contributed by atoms with Gasteiger partial charge in [0.1, 0.15) is 0 Å². The van der Waals surface area contributed by atoms with Crippen molar-refractivity contribution in [3.05, 3.63) is 59.7 Å². The van der Waals surface area contributed by atoms with Gasteiger partial charge in [0.05, 0.1) is 0 Å². The number of benzene rings is 1. The third-order valence-corrected chi connectivity index (χ3v) is 1.78. The van der Waals surface area contributed by atoms with E-state index in [4.69, 9.17) is 10.6 Å². The summed E-state index contributed by atoms with van der Waals surface area (Å²) in [6, 6.07) is 9.56. The lowest BCUT2D eigenvalue weighted by Gasteiger charge is -1.87. The van der Waals surface area contributed by atoms with Gasteiger partial charge in [-0.1, -0.05) is 48.6 Å². The SMILES string of the molecule is [N-]=[N+]=C(/C=C/C=C/c1ccccc1)C(=O)O. The van der Waals surface area contributed by atoms with E-state index in [1.807, 2.05) is 36.4 Å². The van der Waals surface area contributed by atoms with Crippen LogP contribution in [0.3, 0.4) is 0 Å². The van der Waals surface area contributed by atoms with Crippen LogP contribution in [-0.2, 0) is 4.79 Å². The van der Waals surface area contributed by atoms with E-state index in [2.05, 4.69) is 4.79 Å². The highest BCUT2D eigenvalue weighted by molar-refractivity contribution is 6.37. The van der Waals surface area contributed by atoms with Gasteiger partial charge in [0.2, 0.25) is 0 Å². The maximum absolute atomic E-state index is 10.4. The van der Waals surface area contributed by atoms with Gasteiger partial charge in [-0.2, -0.15) is 4.79 Å². The quantitative estimate of drug-likeness (QED) is 0.360. The Bertz CT molecular complexity index is 469. The Balaban J connectivity index is 2.65. The Morgan fingerprint density at radius 1 is 1.25 bits per heavy atom. The number of carbonyl (C=O) groups is 1. The number of nitrogens with zero attached hydrogens (tertiary/aromatic N) is 2. The Labute approximate surface area is 92.8 Å². The van der Waals surface area contributed by atoms with E-state index in [9.17, 15) is 4.79 Å². The molecule has 1 rings (SSSR count). The average molecular weight is 214 g/mol. The number of rotatable bonds is 4. The Kier molecular flexibility index (Phi) is 4.44. The molecule has 4 heteroatoms. The summed E-state index contributed by atoms with van der Waals surface area (Å²) in [5.41, 5.74) is 8.94. The van der Waals surface area contributed by atoms with Crippen LogP contribution in [-0.4, -0.2) is 21.6 Å². The van der Waals surface area contributed by atoms with E-state index in [0.717, 1.165) is 5.56 Å². The number of hydrogen-bond acceptors (Lipinski definition) is 1. The zero-order valence-electron chi connectivity index (χ0n) is 8.45. The van der Waals surface area contributed by atoms with Gasteiger partial charge >= 0.3 is 11.7 Å². The zero-order chi connectivity index (χ0) is 11.8. The van der Waals surface area contributed by atoms with E-state index in [1.54, 1.807) is 6.08 Å². The van der Waals surface area contributed by atoms with Crippen molar-refractivity contribution in [3.8, 4) is 0 Å². The van der Waals surface area contributed by atoms with Crippen LogP contribution in [0.5, 0.6) is 0 Å². The highest BCUT2D eigenvalue weighted by atomic mass is 16.4. The van der Waals surface area contributed by atoms with E-state index < -0.39 is 11.7 Å². The van der Waals surface area contributed by atoms with Crippen LogP contribution in [0.4, 0.5) is 0 Å². The fourth-order valence-corrected chi connectivity index (χ4v) is 1.02. The lowest BCUT2D eigenvalue weighted by atomic mass is 10.2. The van der Waals surface area contributed by atoms with Crippen molar-refractivity contribution in [1.82, 2.24) is 0 Å². The van der Waals surface area contributed by atoms with Crippen LogP contribution < -0.4 is 0 Å². The van der Waals surface area contributed by atoms with Crippen LogP contribution in [0.2, 0.25) is 0 Å². The van der Waals surface area contributed by atoms with E-state index in [0.29, 0.717) is 0 Å². The molecule has 0 radical (unpaired) electrons. The molecule has 1 N–H and O–H groups in total. The molecule has 0 atom stereocenters. The number of allylic oxidation sites excluding steroid dienone is 2. The smallest absolute Gasteiger partial charge is 0.419 e. The third kappa shape index (κ3) is 3.74. The number of aliphatic carboxylic acids is 1. The first kappa shape index (κ1) is 11.6. The summed E-state index contributed by atoms with van der Waals surface area (Å²) in [6.45, 7) is 0. The Morgan fingerprint density at radius 3 is 2.50 bits per heavy atom. The van der Waals surface area contributed by atoms with Gasteiger partial charge < -0.3 is 10.6 Å². The van der Waals surface area contributed by atoms with Gasteiger partial charge in [-0.25, -0.2) is 4.79 Å². The predicted molar refractivity (Wildman–Crippen MR) is 60.9 cm³/mol. The van der Waals surface area contributed by atoms with Crippen molar-refractivity contribution in [1.29, 1.82) is 0 Å². The molecule has 16 heavy (non-hydrogen) atoms. The van der Waals surface area contributed by atoms with Crippen molar-refractivity contribution in [2.45, 2.75) is 0 Å². The van der Waals surface area contributed by atoms with E-state index >= 15 is 0 Å². The monoisotopic (exact) mass is 214 g/mol. The second-order valence-corrected chi connectivity index (χ2v) is 2.92. The van der Waals surface area contributed by atoms with Crippen molar-refractivity contribution in [2.24, 2.45) is 0 Å². The molecule has 0 aliphatic carbocycles. The summed E-state index contributed by atoms with van der Waals surface area (Å²) in [7, 11) is 0. The second-order valence-electron chi connectivity index (χ2n) is 2.92. The summed E-state index contributed by atoms with van der Waals surface area (Å²) in [6.07, 6.45) is 6.19. The van der Waals surface area contributed by atoms with Gasteiger partial charge in [-0.05, 0) is 5.56 Å². The minimum Gasteiger partial charge on any atom is -0.472 e. The lowest BCUT2D eigenvalue weighted by molar-refractivity contribution is -0.133. The normalized spacial score (nSPS) is 10.5. The molecule has 0 spiro atoms. The molecular weight excluding hydrogens is 204 g/mol. The lowest BCUT2D eigenvalue weighted by Crippen LogP contribution is -2.10. The average Bonchev–Trinajstić information content (AvgIpc) is 2.30. The summed E-state index contributed by atoms with van der Waals surface area (Å²) in [4.78, 5) is 13.1. The minimum absolute atomic E-state index is 0.405. The van der Waals surface area contributed by atoms with Crippen LogP contribution in [0.1, 0.15) is 5.56 Å². The van der Waals surface area contributed by atoms with Crippen LogP contribution in [0, 0.1) is 0 Å². The summed E-state index contributed by atoms with van der Waals surface area (Å²) < 4.78 is 0. The standard InChI is InChI=1S/C12H10N2O2/c13-14-11(12(15)16)9-5-4-8-10-6-2-1-3-7-10/h1-9H,(H,15,16)/b8-4+,9-5+. The van der Waals surface area contributed by atoms with Crippen LogP contribution in [0.25, 0.3) is 11.6 Å². The van der Waals surface area contributed by atoms with Gasteiger partial charge in [-0.15, -0.1) is 0 Å². The van der Waals surface area contributed by atoms with E-state index in [1.165, 1.54) is 12.2 Å². The first-order valence-electron chi connectivity index (χ1n) is 4.59. The fraction of sp³-hybridized carbons (Fsp3) is 0. The molecule has 0 bridgehead atoms. The molecule has 0 aliphatic rings. The van der Waals surface area contributed by atoms with Crippen molar-refractivity contribution in [2.75, 3.05) is 0 Å². The van der Waals surface area contributed by atoms with Gasteiger partial charge in [0.15, 0.2) is 0 Å². The molecule has 1 aromatic carbocycles. The van der Waals surface area contributed by atoms with Crippen LogP contribution in [0.15, 0.2) is 48.6 Å². The molecule has 0 saturated heterocycles. The molecule has 0 aliphatic heterocycles. The van der Waals surface area contributed by atoms with Crippen molar-refractivity contribution in [3.63, 3.8) is 0 Å². The summed E-state index contributed by atoms with van der Waals surface area (Å²) in [5, 5.41) is 8.52. The van der Waals surface area contributed by atoms with Crippen LogP contribution >= 0.6 is 0 Å². The highest BCUT2D eigenvalue weighted by Crippen LogP contribution is 2.00. The first-order valence-corrected chi connectivity index (χ1v) is 4.59. The summed E-state index contributed by atoms with van der Waals surface area (Å²) in [5.74, 6) is -1.27. The second kappa shape index (κ2) is 6.11. The summed E-state index contributed by atoms with van der Waals surface area (Å²) >= 11 is 0. The Morgan fingerprint density at radius 2 is 1.94 bits per heavy atom. The Hall–Kier alpha value is -2.45. The molecule has 0 aromatic heterocycles. The largest absolute Gasteiger partial charge is 0.472 e. The van der Waals surface area contributed by atoms with E-state index in [-0.39, 0.29) is 0 Å². The molecule has 0 saturated carbocycles. The minimum atomic E-state index is -1.27. The molecule has 80 valence electrons. The first-order chi connectivity index (χ1) is 7.74. The number of hydrogen-bond donors (Lipinski definition) is 1. The topological polar surface area (TPSA) is 73.7 Å². The van der Waals surface area contributed by atoms with Crippen molar-refractivity contribution >= 4 is 17.8 Å². The van der Waals surface area contributed by atoms with Gasteiger partial charge in [0, 0.05) is 6.08 Å². The predicted octanol–water partition coefficient (Wildman–Crippen LogP) is 2.01. The zero-order valence-corrected chi connectivity index (χ0v) is 8.45. The molecule has 1 aromatic rings. The fourth-order valence-electron chi connectivity index (χ4n) is 1.02.